The van der Waals surface area contributed by atoms with Gasteiger partial charge in [0.15, 0.2) is 11.5 Å². The maximum absolute atomic E-state index is 11.8. The summed E-state index contributed by atoms with van der Waals surface area (Å²) in [6.45, 7) is 3.58. The van der Waals surface area contributed by atoms with Gasteiger partial charge in [0.05, 0.1) is 38.9 Å². The van der Waals surface area contributed by atoms with Gasteiger partial charge in [0.25, 0.3) is 0 Å². The second-order valence-corrected chi connectivity index (χ2v) is 4.74. The number of halogens is 1. The lowest BCUT2D eigenvalue weighted by Crippen LogP contribution is -2.14. The first-order chi connectivity index (χ1) is 9.44. The predicted octanol–water partition coefficient (Wildman–Crippen LogP) is 2.86. The van der Waals surface area contributed by atoms with Gasteiger partial charge in [-0.3, -0.25) is 4.79 Å². The Morgan fingerprint density at radius 3 is 2.10 bits per heavy atom. The van der Waals surface area contributed by atoms with Crippen molar-refractivity contribution in [3.05, 3.63) is 16.7 Å². The molecule has 0 fully saturated rings. The molecule has 0 N–H and O–H groups in total. The normalized spacial score (nSPS) is 10.3. The number of carbonyl (C=O) groups excluding carboxylic acids is 1. The first-order valence-electron chi connectivity index (χ1n) is 6.11. The van der Waals surface area contributed by atoms with Gasteiger partial charge in [0, 0.05) is 5.56 Å². The average molecular weight is 303 g/mol. The van der Waals surface area contributed by atoms with E-state index in [0.717, 1.165) is 0 Å². The third kappa shape index (κ3) is 3.70. The predicted molar refractivity (Wildman–Crippen MR) is 76.0 cm³/mol. The van der Waals surface area contributed by atoms with Crippen molar-refractivity contribution in [3.8, 4) is 17.2 Å². The van der Waals surface area contributed by atoms with Crippen molar-refractivity contribution in [1.29, 1.82) is 0 Å². The summed E-state index contributed by atoms with van der Waals surface area (Å²) in [5.74, 6) is 0.776. The zero-order valence-corrected chi connectivity index (χ0v) is 13.0. The van der Waals surface area contributed by atoms with E-state index in [0.29, 0.717) is 27.8 Å². The summed E-state index contributed by atoms with van der Waals surface area (Å²) in [4.78, 5) is 11.8. The van der Waals surface area contributed by atoms with Gasteiger partial charge >= 0.3 is 5.97 Å². The van der Waals surface area contributed by atoms with Gasteiger partial charge in [-0.25, -0.2) is 0 Å². The lowest BCUT2D eigenvalue weighted by molar-refractivity contribution is -0.146. The van der Waals surface area contributed by atoms with E-state index >= 15 is 0 Å². The molecular weight excluding hydrogens is 284 g/mol. The van der Waals surface area contributed by atoms with Gasteiger partial charge in [-0.05, 0) is 19.9 Å². The second kappa shape index (κ2) is 7.24. The quantitative estimate of drug-likeness (QED) is 0.756. The third-order valence-electron chi connectivity index (χ3n) is 2.54. The van der Waals surface area contributed by atoms with Gasteiger partial charge in [-0.1, -0.05) is 11.6 Å². The van der Waals surface area contributed by atoms with Crippen molar-refractivity contribution < 1.29 is 23.7 Å². The largest absolute Gasteiger partial charge is 0.492 e. The van der Waals surface area contributed by atoms with Crippen molar-refractivity contribution >= 4 is 17.6 Å². The van der Waals surface area contributed by atoms with Crippen molar-refractivity contribution in [2.75, 3.05) is 21.3 Å². The Balaban J connectivity index is 3.19. The van der Waals surface area contributed by atoms with Crippen LogP contribution >= 0.6 is 11.6 Å². The SMILES string of the molecule is COc1c(Cl)cc(CC(=O)OC(C)C)c(OC)c1OC. The number of benzene rings is 1. The molecule has 0 unspecified atom stereocenters. The Hall–Kier alpha value is -1.62. The van der Waals surface area contributed by atoms with Gasteiger partial charge < -0.3 is 18.9 Å². The molecule has 0 bridgehead atoms. The molecule has 0 saturated heterocycles. The molecule has 0 radical (unpaired) electrons. The van der Waals surface area contributed by atoms with Crippen molar-refractivity contribution in [3.63, 3.8) is 0 Å². The van der Waals surface area contributed by atoms with E-state index in [-0.39, 0.29) is 18.5 Å². The minimum Gasteiger partial charge on any atom is -0.492 e. The van der Waals surface area contributed by atoms with E-state index < -0.39 is 0 Å². The molecule has 1 aromatic carbocycles. The molecule has 0 aliphatic carbocycles. The van der Waals surface area contributed by atoms with Gasteiger partial charge in [-0.2, -0.15) is 0 Å². The van der Waals surface area contributed by atoms with Gasteiger partial charge in [0.1, 0.15) is 0 Å². The van der Waals surface area contributed by atoms with Crippen LogP contribution in [0.1, 0.15) is 19.4 Å². The minimum atomic E-state index is -0.360. The average Bonchev–Trinajstić information content (AvgIpc) is 2.36. The molecule has 0 aliphatic rings. The van der Waals surface area contributed by atoms with E-state index in [4.69, 9.17) is 30.5 Å². The van der Waals surface area contributed by atoms with Gasteiger partial charge in [0.2, 0.25) is 5.75 Å². The fraction of sp³-hybridized carbons (Fsp3) is 0.500. The maximum Gasteiger partial charge on any atom is 0.310 e. The fourth-order valence-corrected chi connectivity index (χ4v) is 2.13. The van der Waals surface area contributed by atoms with Crippen LogP contribution in [-0.4, -0.2) is 33.4 Å². The van der Waals surface area contributed by atoms with Crippen LogP contribution in [0.2, 0.25) is 5.02 Å². The highest BCUT2D eigenvalue weighted by atomic mass is 35.5. The number of ether oxygens (including phenoxy) is 4. The topological polar surface area (TPSA) is 54.0 Å². The van der Waals surface area contributed by atoms with E-state index in [1.54, 1.807) is 19.9 Å². The fourth-order valence-electron chi connectivity index (χ4n) is 1.83. The lowest BCUT2D eigenvalue weighted by atomic mass is 10.1. The molecule has 0 aliphatic heterocycles. The van der Waals surface area contributed by atoms with Crippen molar-refractivity contribution in [2.24, 2.45) is 0 Å². The standard InChI is InChI=1S/C14H19ClO5/c1-8(2)20-11(16)7-9-6-10(15)13(18-4)14(19-5)12(9)17-3/h6,8H,7H2,1-5H3. The van der Waals surface area contributed by atoms with E-state index in [1.165, 1.54) is 21.3 Å². The van der Waals surface area contributed by atoms with Crippen LogP contribution in [0.4, 0.5) is 0 Å². The highest BCUT2D eigenvalue weighted by Crippen LogP contribution is 2.45. The Bertz CT molecular complexity index is 485. The first-order valence-corrected chi connectivity index (χ1v) is 6.49. The minimum absolute atomic E-state index is 0.0431. The molecule has 0 aromatic heterocycles. The maximum atomic E-state index is 11.8. The first kappa shape index (κ1) is 16.4. The zero-order valence-electron chi connectivity index (χ0n) is 12.3. The zero-order chi connectivity index (χ0) is 15.3. The summed E-state index contributed by atoms with van der Waals surface area (Å²) in [7, 11) is 4.45. The summed E-state index contributed by atoms with van der Waals surface area (Å²) in [6.07, 6.45) is -0.134. The van der Waals surface area contributed by atoms with Crippen LogP contribution in [0.5, 0.6) is 17.2 Å². The van der Waals surface area contributed by atoms with E-state index in [1.807, 2.05) is 0 Å². The summed E-state index contributed by atoms with van der Waals surface area (Å²) in [6, 6.07) is 1.61. The Labute approximate surface area is 123 Å². The van der Waals surface area contributed by atoms with Crippen LogP contribution in [0.25, 0.3) is 0 Å². The van der Waals surface area contributed by atoms with E-state index in [9.17, 15) is 4.79 Å². The molecule has 20 heavy (non-hydrogen) atoms. The molecule has 0 heterocycles. The Morgan fingerprint density at radius 1 is 1.10 bits per heavy atom. The molecule has 1 rings (SSSR count). The molecule has 5 nitrogen and oxygen atoms in total. The van der Waals surface area contributed by atoms with Crippen LogP contribution in [0.15, 0.2) is 6.07 Å². The van der Waals surface area contributed by atoms with Crippen molar-refractivity contribution in [1.82, 2.24) is 0 Å². The number of hydrogen-bond donors (Lipinski definition) is 0. The molecule has 0 amide bonds. The van der Waals surface area contributed by atoms with Crippen LogP contribution < -0.4 is 14.2 Å². The van der Waals surface area contributed by atoms with Crippen LogP contribution in [0.3, 0.4) is 0 Å². The third-order valence-corrected chi connectivity index (χ3v) is 2.82. The Morgan fingerprint density at radius 2 is 1.65 bits per heavy atom. The summed E-state index contributed by atoms with van der Waals surface area (Å²) in [5, 5.41) is 0.345. The molecular formula is C14H19ClO5. The lowest BCUT2D eigenvalue weighted by Gasteiger charge is -2.17. The summed E-state index contributed by atoms with van der Waals surface area (Å²) in [5.41, 5.74) is 0.584. The molecule has 0 saturated carbocycles. The smallest absolute Gasteiger partial charge is 0.310 e. The van der Waals surface area contributed by atoms with Gasteiger partial charge in [-0.15, -0.1) is 0 Å². The second-order valence-electron chi connectivity index (χ2n) is 4.33. The highest BCUT2D eigenvalue weighted by Gasteiger charge is 2.22. The molecule has 0 spiro atoms. The molecule has 1 aromatic rings. The summed E-state index contributed by atoms with van der Waals surface area (Å²) >= 11 is 6.12. The number of methoxy groups -OCH3 is 3. The highest BCUT2D eigenvalue weighted by molar-refractivity contribution is 6.32. The van der Waals surface area contributed by atoms with Crippen LogP contribution in [-0.2, 0) is 16.0 Å². The number of hydrogen-bond acceptors (Lipinski definition) is 5. The number of esters is 1. The number of carbonyl (C=O) groups is 1. The van der Waals surface area contributed by atoms with Crippen molar-refractivity contribution in [2.45, 2.75) is 26.4 Å². The number of rotatable bonds is 6. The van der Waals surface area contributed by atoms with Crippen LogP contribution in [0, 0.1) is 0 Å². The molecule has 112 valence electrons. The monoisotopic (exact) mass is 302 g/mol. The Kier molecular flexibility index (Phi) is 5.95. The molecule has 0 atom stereocenters. The summed E-state index contributed by atoms with van der Waals surface area (Å²) < 4.78 is 20.9. The van der Waals surface area contributed by atoms with E-state index in [2.05, 4.69) is 0 Å². The molecule has 6 heteroatoms.